The zero-order chi connectivity index (χ0) is 15.7. The molecule has 2 fully saturated rings. The van der Waals surface area contributed by atoms with Gasteiger partial charge in [0, 0.05) is 16.9 Å². The highest BCUT2D eigenvalue weighted by Gasteiger charge is 2.52. The van der Waals surface area contributed by atoms with Gasteiger partial charge in [-0.1, -0.05) is 19.3 Å². The van der Waals surface area contributed by atoms with Crippen molar-refractivity contribution in [2.24, 2.45) is 0 Å². The molecule has 1 saturated heterocycles. The summed E-state index contributed by atoms with van der Waals surface area (Å²) >= 11 is 3.22. The van der Waals surface area contributed by atoms with E-state index in [1.165, 1.54) is 6.20 Å². The summed E-state index contributed by atoms with van der Waals surface area (Å²) in [4.78, 5) is 40.6. The molecule has 0 atom stereocenters. The molecule has 4 amide bonds. The Morgan fingerprint density at radius 3 is 2.68 bits per heavy atom. The molecule has 116 valence electrons. The molecule has 2 N–H and O–H groups in total. The van der Waals surface area contributed by atoms with Gasteiger partial charge in [-0.25, -0.2) is 4.79 Å². The Labute approximate surface area is 135 Å². The molecular weight excluding hydrogens is 352 g/mol. The number of hydrogen-bond donors (Lipinski definition) is 2. The lowest BCUT2D eigenvalue weighted by Crippen LogP contribution is -2.50. The van der Waals surface area contributed by atoms with Crippen molar-refractivity contribution in [1.29, 1.82) is 0 Å². The van der Waals surface area contributed by atoms with Crippen molar-refractivity contribution in [3.8, 4) is 0 Å². The number of carbonyl (C=O) groups excluding carboxylic acids is 3. The molecule has 1 aromatic heterocycles. The van der Waals surface area contributed by atoms with Crippen LogP contribution in [0, 0.1) is 0 Å². The molecule has 1 spiro atoms. The lowest BCUT2D eigenvalue weighted by atomic mass is 9.82. The average Bonchev–Trinajstić information content (AvgIpc) is 2.72. The summed E-state index contributed by atoms with van der Waals surface area (Å²) in [5, 5.41) is 3.52. The van der Waals surface area contributed by atoms with Crippen LogP contribution in [0.1, 0.15) is 42.5 Å². The van der Waals surface area contributed by atoms with Crippen LogP contribution in [0.15, 0.2) is 22.9 Å². The molecule has 1 saturated carbocycles. The lowest BCUT2D eigenvalue weighted by molar-refractivity contribution is -0.134. The number of urea groups is 1. The van der Waals surface area contributed by atoms with E-state index in [9.17, 15) is 14.4 Å². The molecule has 2 aliphatic rings. The van der Waals surface area contributed by atoms with E-state index in [1.54, 1.807) is 12.3 Å². The second-order valence-electron chi connectivity index (χ2n) is 5.55. The number of amides is 4. The number of pyridine rings is 1. The van der Waals surface area contributed by atoms with Gasteiger partial charge >= 0.3 is 6.03 Å². The Hall–Kier alpha value is -1.96. The van der Waals surface area contributed by atoms with E-state index < -0.39 is 17.5 Å². The smallest absolute Gasteiger partial charge is 0.322 e. The van der Waals surface area contributed by atoms with E-state index in [4.69, 9.17) is 0 Å². The predicted molar refractivity (Wildman–Crippen MR) is 80.6 cm³/mol. The topological polar surface area (TPSA) is 91.4 Å². The molecule has 22 heavy (non-hydrogen) atoms. The molecule has 8 heteroatoms. The normalized spacial score (nSPS) is 20.1. The van der Waals surface area contributed by atoms with Crippen LogP contribution in [0.25, 0.3) is 0 Å². The fraction of sp³-hybridized carbons (Fsp3) is 0.429. The molecule has 1 aromatic rings. The second kappa shape index (κ2) is 5.68. The summed E-state index contributed by atoms with van der Waals surface area (Å²) in [6.07, 6.45) is 6.98. The molecular formula is C14H15BrN4O3. The summed E-state index contributed by atoms with van der Waals surface area (Å²) in [5.41, 5.74) is 1.78. The number of nitrogens with zero attached hydrogens (tertiary/aromatic N) is 2. The number of nitrogens with one attached hydrogen (secondary N) is 2. The molecule has 0 radical (unpaired) electrons. The van der Waals surface area contributed by atoms with Crippen LogP contribution < -0.4 is 10.7 Å². The summed E-state index contributed by atoms with van der Waals surface area (Å²) < 4.78 is 0.640. The van der Waals surface area contributed by atoms with Crippen molar-refractivity contribution >= 4 is 33.8 Å². The third kappa shape index (κ3) is 2.58. The SMILES string of the molecule is O=C(NN1C(=O)NC2(CCCCC2)C1=O)c1cncc(Br)c1. The minimum Gasteiger partial charge on any atom is -0.322 e. The molecule has 0 aromatic carbocycles. The van der Waals surface area contributed by atoms with E-state index in [1.807, 2.05) is 0 Å². The van der Waals surface area contributed by atoms with Crippen molar-refractivity contribution in [2.45, 2.75) is 37.6 Å². The number of hydrogen-bond acceptors (Lipinski definition) is 4. The molecule has 2 heterocycles. The predicted octanol–water partition coefficient (Wildman–Crippen LogP) is 1.74. The van der Waals surface area contributed by atoms with E-state index in [2.05, 4.69) is 31.7 Å². The van der Waals surface area contributed by atoms with Gasteiger partial charge in [-0.05, 0) is 34.8 Å². The molecule has 0 unspecified atom stereocenters. The molecule has 1 aliphatic carbocycles. The summed E-state index contributed by atoms with van der Waals surface area (Å²) in [5.74, 6) is -0.932. The maximum atomic E-state index is 12.5. The van der Waals surface area contributed by atoms with Gasteiger partial charge in [0.15, 0.2) is 0 Å². The largest absolute Gasteiger partial charge is 0.344 e. The van der Waals surface area contributed by atoms with Crippen LogP contribution in [0.5, 0.6) is 0 Å². The zero-order valence-electron chi connectivity index (χ0n) is 11.8. The van der Waals surface area contributed by atoms with Crippen molar-refractivity contribution in [2.75, 3.05) is 0 Å². The minimum absolute atomic E-state index is 0.263. The molecule has 1 aliphatic heterocycles. The number of carbonyl (C=O) groups is 3. The van der Waals surface area contributed by atoms with E-state index in [0.29, 0.717) is 17.3 Å². The Bertz CT molecular complexity index is 643. The van der Waals surface area contributed by atoms with Gasteiger partial charge in [-0.3, -0.25) is 20.0 Å². The fourth-order valence-corrected chi connectivity index (χ4v) is 3.28. The highest BCUT2D eigenvalue weighted by molar-refractivity contribution is 9.10. The quantitative estimate of drug-likeness (QED) is 0.779. The van der Waals surface area contributed by atoms with Gasteiger partial charge in [-0.15, -0.1) is 0 Å². The van der Waals surface area contributed by atoms with Crippen molar-refractivity contribution in [3.63, 3.8) is 0 Å². The van der Waals surface area contributed by atoms with Crippen LogP contribution in [0.3, 0.4) is 0 Å². The van der Waals surface area contributed by atoms with Crippen molar-refractivity contribution < 1.29 is 14.4 Å². The summed E-state index contributed by atoms with van der Waals surface area (Å²) in [6, 6.07) is 0.986. The summed E-state index contributed by atoms with van der Waals surface area (Å²) in [6.45, 7) is 0. The maximum Gasteiger partial charge on any atom is 0.344 e. The van der Waals surface area contributed by atoms with Crippen molar-refractivity contribution in [1.82, 2.24) is 20.7 Å². The van der Waals surface area contributed by atoms with Crippen molar-refractivity contribution in [3.05, 3.63) is 28.5 Å². The molecule has 7 nitrogen and oxygen atoms in total. The lowest BCUT2D eigenvalue weighted by Gasteiger charge is -2.30. The minimum atomic E-state index is -0.849. The fourth-order valence-electron chi connectivity index (χ4n) is 2.92. The first-order chi connectivity index (χ1) is 10.5. The van der Waals surface area contributed by atoms with Gasteiger partial charge in [-0.2, -0.15) is 5.01 Å². The van der Waals surface area contributed by atoms with Crippen LogP contribution in [0.4, 0.5) is 4.79 Å². The Morgan fingerprint density at radius 2 is 2.00 bits per heavy atom. The van der Waals surface area contributed by atoms with Gasteiger partial charge in [0.1, 0.15) is 5.54 Å². The zero-order valence-corrected chi connectivity index (χ0v) is 13.4. The summed E-state index contributed by atoms with van der Waals surface area (Å²) in [7, 11) is 0. The van der Waals surface area contributed by atoms with Gasteiger partial charge in [0.05, 0.1) is 5.56 Å². The maximum absolute atomic E-state index is 12.5. The first-order valence-electron chi connectivity index (χ1n) is 7.10. The Kier molecular flexibility index (Phi) is 3.86. The van der Waals surface area contributed by atoms with Gasteiger partial charge in [0.25, 0.3) is 11.8 Å². The number of rotatable bonds is 2. The average molecular weight is 367 g/mol. The van der Waals surface area contributed by atoms with E-state index in [0.717, 1.165) is 24.3 Å². The van der Waals surface area contributed by atoms with Crippen LogP contribution in [0.2, 0.25) is 0 Å². The number of hydrazine groups is 1. The van der Waals surface area contributed by atoms with E-state index in [-0.39, 0.29) is 11.5 Å². The monoisotopic (exact) mass is 366 g/mol. The standard InChI is InChI=1S/C14H15BrN4O3/c15-10-6-9(7-16-8-10)11(20)18-19-12(21)14(17-13(19)22)4-2-1-3-5-14/h6-8H,1-5H2,(H,17,22)(H,18,20). The third-order valence-corrected chi connectivity index (χ3v) is 4.48. The third-order valence-electron chi connectivity index (χ3n) is 4.05. The molecule has 3 rings (SSSR count). The van der Waals surface area contributed by atoms with Crippen LogP contribution in [-0.2, 0) is 4.79 Å². The van der Waals surface area contributed by atoms with Crippen LogP contribution >= 0.6 is 15.9 Å². The van der Waals surface area contributed by atoms with Gasteiger partial charge < -0.3 is 5.32 Å². The second-order valence-corrected chi connectivity index (χ2v) is 6.46. The Morgan fingerprint density at radius 1 is 1.27 bits per heavy atom. The first kappa shape index (κ1) is 15.0. The van der Waals surface area contributed by atoms with E-state index >= 15 is 0 Å². The Balaban J connectivity index is 1.76. The van der Waals surface area contributed by atoms with Crippen LogP contribution in [-0.4, -0.2) is 33.4 Å². The van der Waals surface area contributed by atoms with Gasteiger partial charge in [0.2, 0.25) is 0 Å². The first-order valence-corrected chi connectivity index (χ1v) is 7.89. The number of aromatic nitrogens is 1. The number of imide groups is 1. The highest BCUT2D eigenvalue weighted by atomic mass is 79.9. The highest BCUT2D eigenvalue weighted by Crippen LogP contribution is 2.33. The molecule has 0 bridgehead atoms. The number of halogens is 1.